The lowest BCUT2D eigenvalue weighted by Crippen LogP contribution is -2.41. The molecule has 0 aliphatic carbocycles. The molecular formula is C26H31N6O4+3. The zero-order chi connectivity index (χ0) is 25.7. The van der Waals surface area contributed by atoms with Gasteiger partial charge in [-0.3, -0.25) is 9.78 Å². The Morgan fingerprint density at radius 3 is 1.94 bits per heavy atom. The van der Waals surface area contributed by atoms with Gasteiger partial charge in [0.1, 0.15) is 12.7 Å². The van der Waals surface area contributed by atoms with E-state index in [4.69, 9.17) is 0 Å². The number of pyridine rings is 2. The second kappa shape index (κ2) is 10.9. The first-order chi connectivity index (χ1) is 17.3. The predicted molar refractivity (Wildman–Crippen MR) is 131 cm³/mol. The lowest BCUT2D eigenvalue weighted by atomic mass is 10.1. The molecule has 4 heterocycles. The van der Waals surface area contributed by atoms with E-state index in [1.165, 1.54) is 4.57 Å². The minimum atomic E-state index is -0.379. The van der Waals surface area contributed by atoms with Crippen LogP contribution in [0.3, 0.4) is 0 Å². The Morgan fingerprint density at radius 2 is 1.33 bits per heavy atom. The second-order valence-corrected chi connectivity index (χ2v) is 8.90. The summed E-state index contributed by atoms with van der Waals surface area (Å²) < 4.78 is 7.34. The van der Waals surface area contributed by atoms with Crippen LogP contribution in [0.5, 0.6) is 6.01 Å². The van der Waals surface area contributed by atoms with Gasteiger partial charge >= 0.3 is 17.3 Å². The van der Waals surface area contributed by atoms with Crippen LogP contribution < -0.4 is 30.5 Å². The number of aromatic amines is 2. The predicted octanol–water partition coefficient (Wildman–Crippen LogP) is 0.257. The van der Waals surface area contributed by atoms with Gasteiger partial charge in [-0.05, 0) is 25.0 Å². The van der Waals surface area contributed by atoms with Crippen LogP contribution in [0.15, 0.2) is 75.8 Å². The monoisotopic (exact) mass is 491 g/mol. The third-order valence-electron chi connectivity index (χ3n) is 6.14. The van der Waals surface area contributed by atoms with Crippen LogP contribution in [0.25, 0.3) is 11.1 Å². The second-order valence-electron chi connectivity index (χ2n) is 8.90. The van der Waals surface area contributed by atoms with Crippen molar-refractivity contribution < 1.29 is 18.8 Å². The van der Waals surface area contributed by atoms with Crippen molar-refractivity contribution in [3.63, 3.8) is 0 Å². The van der Waals surface area contributed by atoms with Crippen LogP contribution in [0.1, 0.15) is 24.0 Å². The van der Waals surface area contributed by atoms with Gasteiger partial charge in [0, 0.05) is 55.4 Å². The van der Waals surface area contributed by atoms with Gasteiger partial charge in [0.15, 0.2) is 31.3 Å². The number of aryl methyl sites for hydroxylation is 6. The molecule has 0 spiro atoms. The van der Waals surface area contributed by atoms with Crippen molar-refractivity contribution in [1.82, 2.24) is 14.5 Å². The summed E-state index contributed by atoms with van der Waals surface area (Å²) in [4.78, 5) is 39.7. The number of hydrogen-bond donors (Lipinski definition) is 3. The van der Waals surface area contributed by atoms with E-state index in [0.29, 0.717) is 24.2 Å². The van der Waals surface area contributed by atoms with E-state index in [1.54, 1.807) is 30.8 Å². The number of nitrogens with zero attached hydrogens (tertiary/aromatic N) is 4. The molecule has 0 aliphatic rings. The minimum Gasteiger partial charge on any atom is -0.446 e. The number of hydrogen-bond acceptors (Lipinski definition) is 4. The summed E-state index contributed by atoms with van der Waals surface area (Å²) in [6, 6.07) is 8.13. The van der Waals surface area contributed by atoms with Crippen molar-refractivity contribution in [3.05, 3.63) is 104 Å². The Labute approximate surface area is 207 Å². The molecule has 0 aromatic carbocycles. The van der Waals surface area contributed by atoms with Crippen molar-refractivity contribution >= 4 is 0 Å². The summed E-state index contributed by atoms with van der Waals surface area (Å²) in [6.45, 7) is 6.05. The molecule has 10 nitrogen and oxygen atoms in total. The van der Waals surface area contributed by atoms with Crippen molar-refractivity contribution in [2.24, 2.45) is 0 Å². The van der Waals surface area contributed by atoms with E-state index < -0.39 is 0 Å². The van der Waals surface area contributed by atoms with Crippen LogP contribution >= 0.6 is 0 Å². The highest BCUT2D eigenvalue weighted by Gasteiger charge is 2.12. The van der Waals surface area contributed by atoms with E-state index >= 15 is 0 Å². The lowest BCUT2D eigenvalue weighted by Gasteiger charge is -2.05. The van der Waals surface area contributed by atoms with Gasteiger partial charge in [-0.2, -0.15) is 4.98 Å². The van der Waals surface area contributed by atoms with Crippen molar-refractivity contribution in [2.75, 3.05) is 0 Å². The molecule has 10 heteroatoms. The molecule has 0 radical (unpaired) electrons. The molecule has 3 N–H and O–H groups in total. The average Bonchev–Trinajstić information content (AvgIpc) is 2.86. The third-order valence-corrected chi connectivity index (χ3v) is 6.14. The third kappa shape index (κ3) is 6.01. The molecule has 0 saturated carbocycles. The number of nitrogens with one attached hydrogen (secondary N) is 2. The SMILES string of the molecule is Cc1c[n+](CCC[n+]2ccc(-c3cc[n+](CCCn4cc(C)c(=O)[nH]c4=O)cc3)cc2)c(O)[nH]c1=O. The zero-order valence-corrected chi connectivity index (χ0v) is 20.5. The standard InChI is InChI=1S/C26H28N6O4/c1-19-17-31(25(35)27-23(19)33)11-3-9-29-13-5-21(6-14-29)22-7-15-30(16-8-22)10-4-12-32-18-20(2)24(34)28-26(32)36/h5-8,13-18H,3-4,9-12H2,1-2H3/p+3. The molecule has 0 saturated heterocycles. The highest BCUT2D eigenvalue weighted by molar-refractivity contribution is 5.60. The largest absolute Gasteiger partial charge is 0.454 e. The zero-order valence-electron chi connectivity index (χ0n) is 20.5. The quantitative estimate of drug-likeness (QED) is 0.291. The molecule has 0 fully saturated rings. The first-order valence-corrected chi connectivity index (χ1v) is 11.9. The summed E-state index contributed by atoms with van der Waals surface area (Å²) in [7, 11) is 0. The van der Waals surface area contributed by atoms with E-state index in [0.717, 1.165) is 37.1 Å². The van der Waals surface area contributed by atoms with Crippen molar-refractivity contribution in [2.45, 2.75) is 52.9 Å². The highest BCUT2D eigenvalue weighted by Crippen LogP contribution is 2.15. The fourth-order valence-corrected chi connectivity index (χ4v) is 4.03. The molecule has 0 amide bonds. The van der Waals surface area contributed by atoms with Crippen LogP contribution in [-0.4, -0.2) is 19.6 Å². The first kappa shape index (κ1) is 24.8. The van der Waals surface area contributed by atoms with Crippen LogP contribution in [0.4, 0.5) is 0 Å². The summed E-state index contributed by atoms with van der Waals surface area (Å²) in [5, 5.41) is 9.90. The van der Waals surface area contributed by atoms with Crippen molar-refractivity contribution in [1.29, 1.82) is 0 Å². The minimum absolute atomic E-state index is 0.132. The van der Waals surface area contributed by atoms with Gasteiger partial charge in [0.25, 0.3) is 5.56 Å². The van der Waals surface area contributed by atoms with Gasteiger partial charge in [-0.15, -0.1) is 0 Å². The maximum absolute atomic E-state index is 11.9. The first-order valence-electron chi connectivity index (χ1n) is 11.9. The Hall–Kier alpha value is -4.34. The average molecular weight is 492 g/mol. The van der Waals surface area contributed by atoms with Gasteiger partial charge in [0.2, 0.25) is 0 Å². The van der Waals surface area contributed by atoms with E-state index in [-0.39, 0.29) is 22.8 Å². The fourth-order valence-electron chi connectivity index (χ4n) is 4.03. The molecule has 4 aromatic heterocycles. The van der Waals surface area contributed by atoms with E-state index in [1.807, 2.05) is 24.8 Å². The van der Waals surface area contributed by atoms with Gasteiger partial charge < -0.3 is 9.67 Å². The number of aromatic hydroxyl groups is 1. The maximum Gasteiger partial charge on any atom is 0.454 e. The molecule has 0 unspecified atom stereocenters. The van der Waals surface area contributed by atoms with Crippen LogP contribution in [0.2, 0.25) is 0 Å². The molecule has 186 valence electrons. The normalized spacial score (nSPS) is 11.1. The molecule has 36 heavy (non-hydrogen) atoms. The Morgan fingerprint density at radius 1 is 0.778 bits per heavy atom. The molecule has 4 aromatic rings. The maximum atomic E-state index is 11.9. The highest BCUT2D eigenvalue weighted by atomic mass is 16.3. The summed E-state index contributed by atoms with van der Waals surface area (Å²) >= 11 is 0. The van der Waals surface area contributed by atoms with E-state index in [9.17, 15) is 19.5 Å². The smallest absolute Gasteiger partial charge is 0.446 e. The van der Waals surface area contributed by atoms with Crippen molar-refractivity contribution in [3.8, 4) is 17.1 Å². The molecule has 0 atom stereocenters. The summed E-state index contributed by atoms with van der Waals surface area (Å²) in [6.07, 6.45) is 12.9. The fraction of sp³-hybridized carbons (Fsp3) is 0.308. The topological polar surface area (TPSA) is 120 Å². The van der Waals surface area contributed by atoms with Gasteiger partial charge in [-0.25, -0.2) is 23.3 Å². The lowest BCUT2D eigenvalue weighted by molar-refractivity contribution is -0.731. The van der Waals surface area contributed by atoms with Crippen LogP contribution in [-0.2, 0) is 26.2 Å². The molecule has 0 aliphatic heterocycles. The number of aromatic nitrogens is 6. The molecular weight excluding hydrogens is 460 g/mol. The van der Waals surface area contributed by atoms with E-state index in [2.05, 4.69) is 43.4 Å². The molecule has 4 rings (SSSR count). The number of rotatable bonds is 9. The van der Waals surface area contributed by atoms with Gasteiger partial charge in [0.05, 0.1) is 12.1 Å². The summed E-state index contributed by atoms with van der Waals surface area (Å²) in [5.41, 5.74) is 2.31. The Bertz CT molecular complexity index is 1520. The van der Waals surface area contributed by atoms with Gasteiger partial charge in [-0.1, -0.05) is 0 Å². The summed E-state index contributed by atoms with van der Waals surface area (Å²) in [5.74, 6) is 0. The number of H-pyrrole nitrogens is 2. The molecule has 0 bridgehead atoms. The Balaban J connectivity index is 1.29. The Kier molecular flexibility index (Phi) is 7.53. The van der Waals surface area contributed by atoms with Crippen LogP contribution in [0, 0.1) is 13.8 Å².